The fraction of sp³-hybridized carbons (Fsp3) is 0.435. The van der Waals surface area contributed by atoms with Crippen LogP contribution in [-0.4, -0.2) is 47.7 Å². The summed E-state index contributed by atoms with van der Waals surface area (Å²) in [6, 6.07) is 10.6. The molecule has 6 rings (SSSR count). The molecule has 0 atom stereocenters. The van der Waals surface area contributed by atoms with Gasteiger partial charge in [-0.3, -0.25) is 4.79 Å². The monoisotopic (exact) mass is 456 g/mol. The first-order chi connectivity index (χ1) is 15.1. The van der Waals surface area contributed by atoms with E-state index in [0.29, 0.717) is 22.0 Å². The van der Waals surface area contributed by atoms with E-state index in [1.54, 1.807) is 24.0 Å². The number of benzene rings is 1. The molecule has 8 heteroatoms. The largest absolute Gasteiger partial charge is 0.423 e. The van der Waals surface area contributed by atoms with Crippen molar-refractivity contribution in [1.82, 2.24) is 15.3 Å². The normalized spacial score (nSPS) is 19.5. The van der Waals surface area contributed by atoms with Crippen LogP contribution >= 0.6 is 23.4 Å². The Bertz CT molecular complexity index is 1090. The molecule has 1 saturated heterocycles. The molecule has 3 aliphatic rings. The number of anilines is 1. The van der Waals surface area contributed by atoms with Crippen molar-refractivity contribution in [2.75, 3.05) is 25.0 Å². The van der Waals surface area contributed by atoms with E-state index in [2.05, 4.69) is 20.2 Å². The van der Waals surface area contributed by atoms with E-state index in [1.807, 2.05) is 31.3 Å². The fourth-order valence-corrected chi connectivity index (χ4v) is 5.49. The van der Waals surface area contributed by atoms with Crippen LogP contribution in [0.1, 0.15) is 36.0 Å². The first kappa shape index (κ1) is 20.8. The van der Waals surface area contributed by atoms with Gasteiger partial charge in [-0.05, 0) is 63.1 Å². The Balaban J connectivity index is 0.000000147. The number of halogens is 1. The van der Waals surface area contributed by atoms with E-state index in [4.69, 9.17) is 16.0 Å². The maximum Gasteiger partial charge on any atom is 0.298 e. The minimum Gasteiger partial charge on any atom is -0.423 e. The summed E-state index contributed by atoms with van der Waals surface area (Å²) >= 11 is 7.73. The molecule has 2 saturated carbocycles. The van der Waals surface area contributed by atoms with Gasteiger partial charge in [-0.25, -0.2) is 4.98 Å². The molecule has 1 spiro atoms. The zero-order chi connectivity index (χ0) is 21.4. The molecular formula is C23H25ClN4O2S. The Labute approximate surface area is 190 Å². The van der Waals surface area contributed by atoms with Gasteiger partial charge in [0, 0.05) is 46.6 Å². The minimum atomic E-state index is 0.506. The highest BCUT2D eigenvalue weighted by Crippen LogP contribution is 2.49. The van der Waals surface area contributed by atoms with Crippen LogP contribution in [0.2, 0.25) is 5.02 Å². The number of carbonyl (C=O) groups is 1. The number of hydrogen-bond acceptors (Lipinski definition) is 7. The van der Waals surface area contributed by atoms with Gasteiger partial charge in [-0.1, -0.05) is 11.6 Å². The van der Waals surface area contributed by atoms with E-state index >= 15 is 0 Å². The maximum atomic E-state index is 10.4. The summed E-state index contributed by atoms with van der Waals surface area (Å²) in [5, 5.41) is 5.76. The summed E-state index contributed by atoms with van der Waals surface area (Å²) in [4.78, 5) is 21.3. The van der Waals surface area contributed by atoms with E-state index < -0.39 is 0 Å². The van der Waals surface area contributed by atoms with Crippen LogP contribution < -0.4 is 10.2 Å². The average Bonchev–Trinajstić information content (AvgIpc) is 3.43. The van der Waals surface area contributed by atoms with Crippen molar-refractivity contribution in [3.05, 3.63) is 47.1 Å². The van der Waals surface area contributed by atoms with Gasteiger partial charge < -0.3 is 14.6 Å². The highest BCUT2D eigenvalue weighted by molar-refractivity contribution is 8.00. The summed E-state index contributed by atoms with van der Waals surface area (Å²) in [6.45, 7) is 2.12. The molecule has 1 aliphatic heterocycles. The van der Waals surface area contributed by atoms with E-state index in [-0.39, 0.29) is 0 Å². The van der Waals surface area contributed by atoms with Gasteiger partial charge in [0.05, 0.1) is 5.03 Å². The van der Waals surface area contributed by atoms with Gasteiger partial charge in [-0.2, -0.15) is 4.98 Å². The van der Waals surface area contributed by atoms with Crippen molar-refractivity contribution in [2.45, 2.75) is 42.0 Å². The van der Waals surface area contributed by atoms with E-state index in [0.717, 1.165) is 46.8 Å². The molecule has 3 heterocycles. The molecule has 0 radical (unpaired) electrons. The Morgan fingerprint density at radius 2 is 2.06 bits per heavy atom. The number of nitrogens with zero attached hydrogens (tertiary/aromatic N) is 3. The number of aromatic nitrogens is 2. The van der Waals surface area contributed by atoms with Crippen LogP contribution in [0.15, 0.2) is 46.0 Å². The van der Waals surface area contributed by atoms with Crippen molar-refractivity contribution in [2.24, 2.45) is 5.41 Å². The number of oxazole rings is 1. The van der Waals surface area contributed by atoms with Crippen LogP contribution in [0.5, 0.6) is 0 Å². The van der Waals surface area contributed by atoms with Gasteiger partial charge >= 0.3 is 0 Å². The van der Waals surface area contributed by atoms with Crippen molar-refractivity contribution in [1.29, 1.82) is 0 Å². The molecule has 1 aromatic carbocycles. The molecule has 3 aromatic rings. The number of thioether (sulfide) groups is 1. The first-order valence-corrected chi connectivity index (χ1v) is 11.9. The Morgan fingerprint density at radius 3 is 2.77 bits per heavy atom. The molecule has 0 amide bonds. The predicted molar refractivity (Wildman–Crippen MR) is 124 cm³/mol. The highest BCUT2D eigenvalue weighted by Gasteiger charge is 2.53. The summed E-state index contributed by atoms with van der Waals surface area (Å²) in [6.07, 6.45) is 7.67. The summed E-state index contributed by atoms with van der Waals surface area (Å²) in [7, 11) is 2.04. The molecule has 2 aromatic heterocycles. The third-order valence-corrected chi connectivity index (χ3v) is 7.64. The summed E-state index contributed by atoms with van der Waals surface area (Å²) in [5.74, 6) is 0. The summed E-state index contributed by atoms with van der Waals surface area (Å²) < 4.78 is 5.78. The fourth-order valence-electron chi connectivity index (χ4n) is 4.29. The first-order valence-electron chi connectivity index (χ1n) is 10.6. The van der Waals surface area contributed by atoms with Crippen LogP contribution in [0.3, 0.4) is 0 Å². The van der Waals surface area contributed by atoms with Crippen LogP contribution in [0.25, 0.3) is 11.1 Å². The Morgan fingerprint density at radius 1 is 1.26 bits per heavy atom. The average molecular weight is 457 g/mol. The Hall–Kier alpha value is -2.09. The smallest absolute Gasteiger partial charge is 0.298 e. The second-order valence-electron chi connectivity index (χ2n) is 8.72. The molecule has 31 heavy (non-hydrogen) atoms. The van der Waals surface area contributed by atoms with Crippen molar-refractivity contribution >= 4 is 46.8 Å². The summed E-state index contributed by atoms with van der Waals surface area (Å²) in [5.41, 5.74) is 2.87. The molecule has 0 bridgehead atoms. The van der Waals surface area contributed by atoms with Gasteiger partial charge in [0.1, 0.15) is 11.8 Å². The van der Waals surface area contributed by atoms with Crippen molar-refractivity contribution in [3.63, 3.8) is 0 Å². The van der Waals surface area contributed by atoms with E-state index in [1.165, 1.54) is 25.7 Å². The van der Waals surface area contributed by atoms with E-state index in [9.17, 15) is 4.79 Å². The molecule has 1 N–H and O–H groups in total. The number of aldehydes is 1. The highest BCUT2D eigenvalue weighted by atomic mass is 35.5. The van der Waals surface area contributed by atoms with Crippen LogP contribution in [-0.2, 0) is 0 Å². The number of nitrogens with one attached hydrogen (secondary N) is 1. The SMILES string of the molecule is CNC1CC2(C1)CN(c1nc3cc(Cl)ccc3o1)C2.O=Cc1ccnc(SC2CC2)c1. The molecule has 162 valence electrons. The molecule has 6 nitrogen and oxygen atoms in total. The molecule has 3 fully saturated rings. The maximum absolute atomic E-state index is 10.4. The second kappa shape index (κ2) is 8.45. The minimum absolute atomic E-state index is 0.506. The van der Waals surface area contributed by atoms with Gasteiger partial charge in [-0.15, -0.1) is 11.8 Å². The zero-order valence-corrected chi connectivity index (χ0v) is 19.0. The number of pyridine rings is 1. The topological polar surface area (TPSA) is 71.3 Å². The Kier molecular flexibility index (Phi) is 5.67. The van der Waals surface area contributed by atoms with Crippen molar-refractivity contribution in [3.8, 4) is 0 Å². The lowest BCUT2D eigenvalue weighted by Gasteiger charge is -2.58. The standard InChI is InChI=1S/C14H16ClN3O.C9H9NOS/c1-16-10-5-14(6-10)7-18(8-14)13-17-11-4-9(15)2-3-12(11)19-13;11-6-7-3-4-10-9(5-7)12-8-1-2-8/h2-4,10,16H,5-8H2,1H3;3-6,8H,1-2H2. The number of fused-ring (bicyclic) bond motifs is 1. The predicted octanol–water partition coefficient (Wildman–Crippen LogP) is 4.82. The lowest BCUT2D eigenvalue weighted by atomic mass is 9.61. The van der Waals surface area contributed by atoms with Crippen LogP contribution in [0, 0.1) is 5.41 Å². The van der Waals surface area contributed by atoms with Gasteiger partial charge in [0.15, 0.2) is 5.58 Å². The zero-order valence-electron chi connectivity index (χ0n) is 17.4. The van der Waals surface area contributed by atoms with Crippen molar-refractivity contribution < 1.29 is 9.21 Å². The van der Waals surface area contributed by atoms with Gasteiger partial charge in [0.2, 0.25) is 0 Å². The van der Waals surface area contributed by atoms with Gasteiger partial charge in [0.25, 0.3) is 6.01 Å². The molecule has 0 unspecified atom stereocenters. The lowest BCUT2D eigenvalue weighted by Crippen LogP contribution is -2.66. The molecule has 2 aliphatic carbocycles. The quantitative estimate of drug-likeness (QED) is 0.552. The third kappa shape index (κ3) is 4.59. The number of carbonyl (C=O) groups excluding carboxylic acids is 1. The molecular weight excluding hydrogens is 432 g/mol. The second-order valence-corrected chi connectivity index (χ2v) is 10.5. The number of rotatable bonds is 5. The third-order valence-electron chi connectivity index (χ3n) is 6.14. The lowest BCUT2D eigenvalue weighted by molar-refractivity contribution is 0.0486. The van der Waals surface area contributed by atoms with Crippen LogP contribution in [0.4, 0.5) is 6.01 Å². The number of hydrogen-bond donors (Lipinski definition) is 1.